The fraction of sp³-hybridized carbons (Fsp3) is 0.250. The Morgan fingerprint density at radius 3 is 2.73 bits per heavy atom. The van der Waals surface area contributed by atoms with Gasteiger partial charge in [-0.3, -0.25) is 4.79 Å². The SMILES string of the molecule is CC(C)=CCN(C(=O)c1sc2nc(C3=CCCNC3)ccc2c1N)c1ccccc1. The molecule has 3 N–H and O–H groups in total. The van der Waals surface area contributed by atoms with E-state index < -0.39 is 0 Å². The molecule has 0 fully saturated rings. The van der Waals surface area contributed by atoms with Gasteiger partial charge in [0.05, 0.1) is 11.4 Å². The number of fused-ring (bicyclic) bond motifs is 1. The maximum Gasteiger partial charge on any atom is 0.270 e. The van der Waals surface area contributed by atoms with Crippen molar-refractivity contribution in [1.29, 1.82) is 0 Å². The van der Waals surface area contributed by atoms with Gasteiger partial charge in [-0.2, -0.15) is 0 Å². The van der Waals surface area contributed by atoms with Gasteiger partial charge in [-0.15, -0.1) is 11.3 Å². The van der Waals surface area contributed by atoms with Crippen LogP contribution in [0, 0.1) is 0 Å². The van der Waals surface area contributed by atoms with Crippen LogP contribution in [0.1, 0.15) is 35.6 Å². The number of benzene rings is 1. The van der Waals surface area contributed by atoms with E-state index in [0.717, 1.165) is 46.7 Å². The highest BCUT2D eigenvalue weighted by Gasteiger charge is 2.24. The van der Waals surface area contributed by atoms with E-state index in [0.29, 0.717) is 17.1 Å². The monoisotopic (exact) mass is 418 g/mol. The van der Waals surface area contributed by atoms with Crippen molar-refractivity contribution in [2.45, 2.75) is 20.3 Å². The van der Waals surface area contributed by atoms with Crippen LogP contribution in [0.4, 0.5) is 11.4 Å². The lowest BCUT2D eigenvalue weighted by Gasteiger charge is -2.21. The normalized spacial score (nSPS) is 13.7. The summed E-state index contributed by atoms with van der Waals surface area (Å²) in [6, 6.07) is 13.7. The molecule has 1 aliphatic heterocycles. The van der Waals surface area contributed by atoms with Gasteiger partial charge >= 0.3 is 0 Å². The van der Waals surface area contributed by atoms with Gasteiger partial charge in [0.2, 0.25) is 0 Å². The number of aromatic nitrogens is 1. The number of pyridine rings is 1. The highest BCUT2D eigenvalue weighted by molar-refractivity contribution is 7.21. The van der Waals surface area contributed by atoms with Crippen LogP contribution in [0.3, 0.4) is 0 Å². The van der Waals surface area contributed by atoms with E-state index in [4.69, 9.17) is 10.7 Å². The van der Waals surface area contributed by atoms with Gasteiger partial charge in [0, 0.05) is 24.2 Å². The summed E-state index contributed by atoms with van der Waals surface area (Å²) in [5.41, 5.74) is 11.1. The van der Waals surface area contributed by atoms with E-state index in [1.807, 2.05) is 62.4 Å². The van der Waals surface area contributed by atoms with Crippen molar-refractivity contribution in [2.75, 3.05) is 30.3 Å². The molecule has 154 valence electrons. The molecule has 1 amide bonds. The van der Waals surface area contributed by atoms with E-state index in [9.17, 15) is 4.79 Å². The molecule has 0 saturated heterocycles. The Morgan fingerprint density at radius 1 is 1.23 bits per heavy atom. The quantitative estimate of drug-likeness (QED) is 0.580. The Labute approximate surface area is 180 Å². The van der Waals surface area contributed by atoms with Crippen LogP contribution < -0.4 is 16.0 Å². The zero-order valence-corrected chi connectivity index (χ0v) is 18.1. The summed E-state index contributed by atoms with van der Waals surface area (Å²) in [5, 5.41) is 4.22. The van der Waals surface area contributed by atoms with Crippen LogP contribution in [-0.4, -0.2) is 30.5 Å². The van der Waals surface area contributed by atoms with Crippen molar-refractivity contribution in [3.05, 3.63) is 70.8 Å². The van der Waals surface area contributed by atoms with Crippen LogP contribution in [0.25, 0.3) is 15.8 Å². The van der Waals surface area contributed by atoms with Crippen LogP contribution in [-0.2, 0) is 0 Å². The molecule has 3 aromatic rings. The molecule has 1 aromatic carbocycles. The van der Waals surface area contributed by atoms with Crippen molar-refractivity contribution in [3.8, 4) is 0 Å². The molecule has 0 atom stereocenters. The molecule has 0 aliphatic carbocycles. The number of thiophene rings is 1. The lowest BCUT2D eigenvalue weighted by Crippen LogP contribution is -2.31. The first-order chi connectivity index (χ1) is 14.5. The number of para-hydroxylation sites is 1. The van der Waals surface area contributed by atoms with Crippen LogP contribution in [0.5, 0.6) is 0 Å². The lowest BCUT2D eigenvalue weighted by molar-refractivity contribution is 0.0994. The molecule has 0 radical (unpaired) electrons. The van der Waals surface area contributed by atoms with Crippen molar-refractivity contribution in [3.63, 3.8) is 0 Å². The number of nitrogen functional groups attached to an aromatic ring is 1. The average molecular weight is 419 g/mol. The first-order valence-electron chi connectivity index (χ1n) is 10.1. The average Bonchev–Trinajstić information content (AvgIpc) is 3.11. The van der Waals surface area contributed by atoms with Crippen molar-refractivity contribution in [1.82, 2.24) is 10.3 Å². The minimum atomic E-state index is -0.0979. The van der Waals surface area contributed by atoms with E-state index in [2.05, 4.69) is 11.4 Å². The molecule has 30 heavy (non-hydrogen) atoms. The van der Waals surface area contributed by atoms with Gasteiger partial charge in [-0.25, -0.2) is 4.98 Å². The number of nitrogens with two attached hydrogens (primary N) is 1. The third kappa shape index (κ3) is 4.15. The van der Waals surface area contributed by atoms with E-state index in [-0.39, 0.29) is 5.91 Å². The van der Waals surface area contributed by atoms with Gasteiger partial charge in [-0.05, 0) is 56.7 Å². The van der Waals surface area contributed by atoms with Crippen molar-refractivity contribution >= 4 is 44.4 Å². The molecule has 4 rings (SSSR count). The molecule has 2 aromatic heterocycles. The summed E-state index contributed by atoms with van der Waals surface area (Å²) < 4.78 is 0. The highest BCUT2D eigenvalue weighted by atomic mass is 32.1. The number of anilines is 2. The number of rotatable bonds is 5. The molecule has 3 heterocycles. The third-order valence-electron chi connectivity index (χ3n) is 5.14. The molecule has 0 spiro atoms. The zero-order valence-electron chi connectivity index (χ0n) is 17.3. The second-order valence-corrected chi connectivity index (χ2v) is 8.62. The first-order valence-corrected chi connectivity index (χ1v) is 11.0. The van der Waals surface area contributed by atoms with Crippen LogP contribution >= 0.6 is 11.3 Å². The predicted octanol–water partition coefficient (Wildman–Crippen LogP) is 4.87. The molecule has 6 heteroatoms. The smallest absolute Gasteiger partial charge is 0.270 e. The second-order valence-electron chi connectivity index (χ2n) is 7.62. The third-order valence-corrected chi connectivity index (χ3v) is 6.24. The number of carbonyl (C=O) groups excluding carboxylic acids is 1. The lowest BCUT2D eigenvalue weighted by atomic mass is 10.1. The van der Waals surface area contributed by atoms with Crippen molar-refractivity contribution < 1.29 is 4.79 Å². The largest absolute Gasteiger partial charge is 0.397 e. The first kappa shape index (κ1) is 20.3. The van der Waals surface area contributed by atoms with E-state index >= 15 is 0 Å². The molecular formula is C24H26N4OS. The summed E-state index contributed by atoms with van der Waals surface area (Å²) in [6.07, 6.45) is 5.28. The molecule has 0 unspecified atom stereocenters. The summed E-state index contributed by atoms with van der Waals surface area (Å²) in [5.74, 6) is -0.0979. The standard InChI is InChI=1S/C24H26N4OS/c1-16(2)12-14-28(18-8-4-3-5-9-18)24(29)22-21(25)19-10-11-20(27-23(19)30-22)17-7-6-13-26-15-17/h3-5,7-12,26H,6,13-15,25H2,1-2H3. The molecule has 0 saturated carbocycles. The Kier molecular flexibility index (Phi) is 5.97. The van der Waals surface area contributed by atoms with Crippen LogP contribution in [0.2, 0.25) is 0 Å². The molecule has 1 aliphatic rings. The number of hydrogen-bond donors (Lipinski definition) is 2. The van der Waals surface area contributed by atoms with E-state index in [1.165, 1.54) is 16.9 Å². The summed E-state index contributed by atoms with van der Waals surface area (Å²) in [6.45, 7) is 6.37. The number of carbonyl (C=O) groups is 1. The van der Waals surface area contributed by atoms with Gasteiger partial charge < -0.3 is 16.0 Å². The van der Waals surface area contributed by atoms with Gasteiger partial charge in [0.1, 0.15) is 9.71 Å². The molecule has 0 bridgehead atoms. The summed E-state index contributed by atoms with van der Waals surface area (Å²) in [4.78, 5) is 21.4. The minimum Gasteiger partial charge on any atom is -0.397 e. The second kappa shape index (κ2) is 8.81. The Hall–Kier alpha value is -2.96. The number of hydrogen-bond acceptors (Lipinski definition) is 5. The Balaban J connectivity index is 1.72. The number of nitrogens with zero attached hydrogens (tertiary/aromatic N) is 2. The highest BCUT2D eigenvalue weighted by Crippen LogP contribution is 2.35. The van der Waals surface area contributed by atoms with E-state index in [1.54, 1.807) is 4.90 Å². The maximum atomic E-state index is 13.5. The molecular weight excluding hydrogens is 392 g/mol. The zero-order chi connectivity index (χ0) is 21.1. The van der Waals surface area contributed by atoms with Gasteiger partial charge in [0.25, 0.3) is 5.91 Å². The van der Waals surface area contributed by atoms with Gasteiger partial charge in [-0.1, -0.05) is 35.9 Å². The van der Waals surface area contributed by atoms with Crippen molar-refractivity contribution in [2.24, 2.45) is 0 Å². The minimum absolute atomic E-state index is 0.0979. The van der Waals surface area contributed by atoms with Gasteiger partial charge in [0.15, 0.2) is 0 Å². The summed E-state index contributed by atoms with van der Waals surface area (Å²) >= 11 is 1.37. The number of nitrogens with one attached hydrogen (secondary N) is 1. The molecule has 5 nitrogen and oxygen atoms in total. The summed E-state index contributed by atoms with van der Waals surface area (Å²) in [7, 11) is 0. The Bertz CT molecular complexity index is 1130. The van der Waals surface area contributed by atoms with Crippen LogP contribution in [0.15, 0.2) is 60.2 Å². The topological polar surface area (TPSA) is 71.2 Å². The Morgan fingerprint density at radius 2 is 2.03 bits per heavy atom. The number of amides is 1. The fourth-order valence-corrected chi connectivity index (χ4v) is 4.53. The predicted molar refractivity (Wildman–Crippen MR) is 127 cm³/mol. The maximum absolute atomic E-state index is 13.5. The fourth-order valence-electron chi connectivity index (χ4n) is 3.48. The number of allylic oxidation sites excluding steroid dienone is 1.